The lowest BCUT2D eigenvalue weighted by Crippen LogP contribution is -2.42. The minimum atomic E-state index is -2.70. The number of halogens is 3. The molecule has 1 saturated heterocycles. The Kier molecular flexibility index (Phi) is 3.86. The fourth-order valence-electron chi connectivity index (χ4n) is 2.95. The molecule has 6 heteroatoms. The zero-order valence-corrected chi connectivity index (χ0v) is 13.1. The van der Waals surface area contributed by atoms with Gasteiger partial charge in [0.1, 0.15) is 5.69 Å². The zero-order chi connectivity index (χ0) is 16.8. The van der Waals surface area contributed by atoms with Crippen molar-refractivity contribution < 1.29 is 19.4 Å². The first-order valence-electron chi connectivity index (χ1n) is 7.77. The lowest BCUT2D eigenvalue weighted by Gasteiger charge is -2.31. The molecule has 0 atom stereocenters. The molecule has 2 heterocycles. The smallest absolute Gasteiger partial charge is 0.270 e. The second-order valence-electron chi connectivity index (χ2n) is 6.42. The second-order valence-corrected chi connectivity index (χ2v) is 6.42. The first-order valence-corrected chi connectivity index (χ1v) is 7.77. The number of fused-ring (bicyclic) bond motifs is 1. The molecule has 3 nitrogen and oxygen atoms in total. The van der Waals surface area contributed by atoms with Crippen LogP contribution in [0.5, 0.6) is 0 Å². The lowest BCUT2D eigenvalue weighted by atomic mass is 10.0. The third-order valence-corrected chi connectivity index (χ3v) is 4.40. The van der Waals surface area contributed by atoms with Crippen LogP contribution in [-0.4, -0.2) is 34.8 Å². The van der Waals surface area contributed by atoms with Gasteiger partial charge in [-0.2, -0.15) is 0 Å². The Bertz CT molecular complexity index is 748. The average Bonchev–Trinajstić information content (AvgIpc) is 2.91. The highest BCUT2D eigenvalue weighted by Crippen LogP contribution is 2.30. The number of hydrogen-bond donors (Lipinski definition) is 1. The molecule has 1 aromatic heterocycles. The molecule has 0 radical (unpaired) electrons. The highest BCUT2D eigenvalue weighted by molar-refractivity contribution is 5.98. The van der Waals surface area contributed by atoms with Crippen LogP contribution in [0.2, 0.25) is 0 Å². The molecule has 126 valence electrons. The quantitative estimate of drug-likeness (QED) is 0.863. The Morgan fingerprint density at radius 1 is 1.30 bits per heavy atom. The fraction of sp³-hybridized carbons (Fsp3) is 0.471. The minimum absolute atomic E-state index is 0. The van der Waals surface area contributed by atoms with Gasteiger partial charge in [0.05, 0.1) is 5.52 Å². The zero-order valence-electron chi connectivity index (χ0n) is 13.1. The van der Waals surface area contributed by atoms with Gasteiger partial charge in [-0.05, 0) is 17.5 Å². The Balaban J connectivity index is 0.00000208. The van der Waals surface area contributed by atoms with E-state index in [-0.39, 0.29) is 50.7 Å². The van der Waals surface area contributed by atoms with Crippen LogP contribution in [0.25, 0.3) is 10.9 Å². The number of benzene rings is 1. The summed E-state index contributed by atoms with van der Waals surface area (Å²) in [4.78, 5) is 16.7. The summed E-state index contributed by atoms with van der Waals surface area (Å²) in [6.45, 7) is 3.82. The van der Waals surface area contributed by atoms with E-state index < -0.39 is 5.92 Å². The van der Waals surface area contributed by atoms with E-state index in [0.29, 0.717) is 16.5 Å². The van der Waals surface area contributed by atoms with Gasteiger partial charge in [0.25, 0.3) is 11.8 Å². The number of amides is 1. The van der Waals surface area contributed by atoms with Crippen molar-refractivity contribution in [2.24, 2.45) is 0 Å². The molecular weight excluding hydrogens is 305 g/mol. The number of nitrogens with one attached hydrogen (secondary N) is 1. The predicted octanol–water partition coefficient (Wildman–Crippen LogP) is 4.55. The number of H-pyrrole nitrogens is 1. The van der Waals surface area contributed by atoms with Crippen LogP contribution in [0.1, 0.15) is 50.1 Å². The maximum Gasteiger partial charge on any atom is 0.270 e. The standard InChI is InChI=1S/C17H19F3N2O.H2/c1-10(2)12-4-3-11-9-13(21-15(11)14(12)18)16(23)22-7-5-17(19,20)6-8-22;/h3-4,9-10,21H,5-8H2,1-2H3;1H. The summed E-state index contributed by atoms with van der Waals surface area (Å²) in [6.07, 6.45) is -0.657. The van der Waals surface area contributed by atoms with Crippen molar-refractivity contribution in [3.05, 3.63) is 35.3 Å². The molecule has 1 aliphatic rings. The van der Waals surface area contributed by atoms with Crippen LogP contribution in [0, 0.1) is 5.82 Å². The van der Waals surface area contributed by atoms with Crippen LogP contribution >= 0.6 is 0 Å². The maximum absolute atomic E-state index is 14.5. The summed E-state index contributed by atoms with van der Waals surface area (Å²) in [6, 6.07) is 5.06. The molecule has 23 heavy (non-hydrogen) atoms. The lowest BCUT2D eigenvalue weighted by molar-refractivity contribution is -0.0495. The summed E-state index contributed by atoms with van der Waals surface area (Å²) in [5.41, 5.74) is 1.11. The van der Waals surface area contributed by atoms with E-state index in [1.165, 1.54) is 4.90 Å². The third-order valence-electron chi connectivity index (χ3n) is 4.40. The Morgan fingerprint density at radius 3 is 2.57 bits per heavy atom. The number of nitrogens with zero attached hydrogens (tertiary/aromatic N) is 1. The molecule has 0 saturated carbocycles. The summed E-state index contributed by atoms with van der Waals surface area (Å²) < 4.78 is 40.9. The van der Waals surface area contributed by atoms with Crippen LogP contribution in [0.4, 0.5) is 13.2 Å². The number of aromatic nitrogens is 1. The van der Waals surface area contributed by atoms with Gasteiger partial charge in [0.2, 0.25) is 0 Å². The summed E-state index contributed by atoms with van der Waals surface area (Å²) in [7, 11) is 0. The van der Waals surface area contributed by atoms with Crippen molar-refractivity contribution in [1.29, 1.82) is 0 Å². The predicted molar refractivity (Wildman–Crippen MR) is 84.5 cm³/mol. The van der Waals surface area contributed by atoms with E-state index >= 15 is 0 Å². The minimum Gasteiger partial charge on any atom is -0.348 e. The molecule has 1 amide bonds. The SMILES string of the molecule is CC(C)c1ccc2cc(C(=O)N3CCC(F)(F)CC3)[nH]c2c1F.[HH]. The number of rotatable bonds is 2. The molecule has 0 spiro atoms. The van der Waals surface area contributed by atoms with Gasteiger partial charge < -0.3 is 9.88 Å². The highest BCUT2D eigenvalue weighted by atomic mass is 19.3. The average molecular weight is 326 g/mol. The molecule has 1 fully saturated rings. The van der Waals surface area contributed by atoms with Crippen LogP contribution in [0.15, 0.2) is 18.2 Å². The van der Waals surface area contributed by atoms with Gasteiger partial charge in [-0.3, -0.25) is 4.79 Å². The summed E-state index contributed by atoms with van der Waals surface area (Å²) >= 11 is 0. The van der Waals surface area contributed by atoms with Crippen molar-refractivity contribution in [3.63, 3.8) is 0 Å². The third kappa shape index (κ3) is 2.94. The molecule has 0 bridgehead atoms. The Labute approximate surface area is 134 Å². The van der Waals surface area contributed by atoms with E-state index in [1.54, 1.807) is 18.2 Å². The molecule has 3 rings (SSSR count). The van der Waals surface area contributed by atoms with E-state index in [2.05, 4.69) is 4.98 Å². The molecule has 2 aromatic rings. The van der Waals surface area contributed by atoms with Gasteiger partial charge in [-0.1, -0.05) is 26.0 Å². The van der Waals surface area contributed by atoms with Crippen LogP contribution in [-0.2, 0) is 0 Å². The maximum atomic E-state index is 14.5. The second kappa shape index (κ2) is 5.58. The van der Waals surface area contributed by atoms with E-state index in [1.807, 2.05) is 13.8 Å². The van der Waals surface area contributed by atoms with Gasteiger partial charge in [-0.15, -0.1) is 0 Å². The number of piperidine rings is 1. The first-order chi connectivity index (χ1) is 10.8. The Morgan fingerprint density at radius 2 is 1.96 bits per heavy atom. The molecule has 1 aromatic carbocycles. The number of aromatic amines is 1. The first kappa shape index (κ1) is 15.9. The van der Waals surface area contributed by atoms with Crippen LogP contribution < -0.4 is 0 Å². The van der Waals surface area contributed by atoms with Crippen molar-refractivity contribution >= 4 is 16.8 Å². The van der Waals surface area contributed by atoms with Crippen molar-refractivity contribution in [2.45, 2.75) is 38.5 Å². The van der Waals surface area contributed by atoms with Crippen LogP contribution in [0.3, 0.4) is 0 Å². The molecule has 0 unspecified atom stereocenters. The molecular formula is C17H21F3N2O. The number of alkyl halides is 2. The van der Waals surface area contributed by atoms with Crippen molar-refractivity contribution in [2.75, 3.05) is 13.1 Å². The number of hydrogen-bond acceptors (Lipinski definition) is 1. The number of carbonyl (C=O) groups is 1. The molecule has 1 N–H and O–H groups in total. The largest absolute Gasteiger partial charge is 0.348 e. The number of carbonyl (C=O) groups excluding carboxylic acids is 1. The number of likely N-dealkylation sites (tertiary alicyclic amines) is 1. The van der Waals surface area contributed by atoms with E-state index in [0.717, 1.165) is 0 Å². The summed E-state index contributed by atoms with van der Waals surface area (Å²) in [5.74, 6) is -3.38. The van der Waals surface area contributed by atoms with Gasteiger partial charge >= 0.3 is 0 Å². The van der Waals surface area contributed by atoms with Crippen molar-refractivity contribution in [1.82, 2.24) is 9.88 Å². The van der Waals surface area contributed by atoms with Gasteiger partial charge in [0, 0.05) is 32.7 Å². The van der Waals surface area contributed by atoms with Gasteiger partial charge in [-0.25, -0.2) is 13.2 Å². The van der Waals surface area contributed by atoms with Gasteiger partial charge in [0.15, 0.2) is 5.82 Å². The van der Waals surface area contributed by atoms with E-state index in [4.69, 9.17) is 0 Å². The highest BCUT2D eigenvalue weighted by Gasteiger charge is 2.36. The molecule has 1 aliphatic heterocycles. The van der Waals surface area contributed by atoms with E-state index in [9.17, 15) is 18.0 Å². The molecule has 0 aliphatic carbocycles. The van der Waals surface area contributed by atoms with Crippen molar-refractivity contribution in [3.8, 4) is 0 Å². The summed E-state index contributed by atoms with van der Waals surface area (Å²) in [5, 5.41) is 0.609. The topological polar surface area (TPSA) is 36.1 Å². The normalized spacial score (nSPS) is 17.9. The monoisotopic (exact) mass is 326 g/mol. The Hall–Kier alpha value is -1.98. The fourth-order valence-corrected chi connectivity index (χ4v) is 2.95.